The second kappa shape index (κ2) is 7.66. The Morgan fingerprint density at radius 3 is 2.78 bits per heavy atom. The second-order valence-electron chi connectivity index (χ2n) is 7.28. The molecule has 0 bridgehead atoms. The second-order valence-corrected chi connectivity index (χ2v) is 7.28. The summed E-state index contributed by atoms with van der Waals surface area (Å²) in [4.78, 5) is 19.8. The SMILES string of the molecule is Cc1cccc(-c2[nH]n3c(=O)cc(CCCN4CCOCC4)nc3c2C)c1. The van der Waals surface area contributed by atoms with Gasteiger partial charge in [-0.25, -0.2) is 9.50 Å². The number of nitrogens with one attached hydrogen (secondary N) is 1. The van der Waals surface area contributed by atoms with Crippen LogP contribution < -0.4 is 5.56 Å². The number of aryl methyl sites for hydroxylation is 3. The number of benzene rings is 1. The molecule has 142 valence electrons. The molecule has 1 aliphatic rings. The van der Waals surface area contributed by atoms with Gasteiger partial charge in [-0.05, 0) is 39.3 Å². The summed E-state index contributed by atoms with van der Waals surface area (Å²) >= 11 is 0. The van der Waals surface area contributed by atoms with Crippen LogP contribution in [-0.4, -0.2) is 52.3 Å². The van der Waals surface area contributed by atoms with Crippen molar-refractivity contribution in [3.8, 4) is 11.3 Å². The number of nitrogens with zero attached hydrogens (tertiary/aromatic N) is 3. The minimum absolute atomic E-state index is 0.0524. The van der Waals surface area contributed by atoms with Crippen molar-refractivity contribution in [3.63, 3.8) is 0 Å². The van der Waals surface area contributed by atoms with Gasteiger partial charge in [0.1, 0.15) is 0 Å². The average molecular weight is 366 g/mol. The van der Waals surface area contributed by atoms with Crippen LogP contribution in [0.2, 0.25) is 0 Å². The van der Waals surface area contributed by atoms with Gasteiger partial charge in [0.25, 0.3) is 5.56 Å². The number of fused-ring (bicyclic) bond motifs is 1. The van der Waals surface area contributed by atoms with Gasteiger partial charge in [-0.1, -0.05) is 23.8 Å². The predicted molar refractivity (Wildman–Crippen MR) is 106 cm³/mol. The van der Waals surface area contributed by atoms with E-state index in [2.05, 4.69) is 35.1 Å². The molecule has 0 radical (unpaired) electrons. The van der Waals surface area contributed by atoms with Gasteiger partial charge in [0.05, 0.1) is 18.9 Å². The van der Waals surface area contributed by atoms with Crippen LogP contribution in [0.15, 0.2) is 35.1 Å². The summed E-state index contributed by atoms with van der Waals surface area (Å²) in [5.41, 5.74) is 5.76. The first-order valence-corrected chi connectivity index (χ1v) is 9.60. The van der Waals surface area contributed by atoms with E-state index < -0.39 is 0 Å². The van der Waals surface area contributed by atoms with Gasteiger partial charge in [-0.3, -0.25) is 14.8 Å². The van der Waals surface area contributed by atoms with Gasteiger partial charge in [0, 0.05) is 36.0 Å². The summed E-state index contributed by atoms with van der Waals surface area (Å²) in [6.07, 6.45) is 1.81. The summed E-state index contributed by atoms with van der Waals surface area (Å²) in [6.45, 7) is 8.72. The van der Waals surface area contributed by atoms with Crippen molar-refractivity contribution in [2.24, 2.45) is 0 Å². The fourth-order valence-electron chi connectivity index (χ4n) is 3.72. The molecule has 0 atom stereocenters. The van der Waals surface area contributed by atoms with E-state index in [1.165, 1.54) is 5.56 Å². The first-order chi connectivity index (χ1) is 13.1. The van der Waals surface area contributed by atoms with E-state index in [9.17, 15) is 4.79 Å². The molecular formula is C21H26N4O2. The van der Waals surface area contributed by atoms with Crippen molar-refractivity contribution in [2.45, 2.75) is 26.7 Å². The molecule has 0 amide bonds. The van der Waals surface area contributed by atoms with Crippen LogP contribution in [0.25, 0.3) is 16.9 Å². The highest BCUT2D eigenvalue weighted by molar-refractivity contribution is 5.70. The zero-order valence-corrected chi connectivity index (χ0v) is 16.0. The summed E-state index contributed by atoms with van der Waals surface area (Å²) in [7, 11) is 0. The van der Waals surface area contributed by atoms with Crippen LogP contribution in [0, 0.1) is 13.8 Å². The summed E-state index contributed by atoms with van der Waals surface area (Å²) in [5.74, 6) is 0. The van der Waals surface area contributed by atoms with E-state index >= 15 is 0 Å². The summed E-state index contributed by atoms with van der Waals surface area (Å²) in [6, 6.07) is 9.93. The molecule has 0 saturated carbocycles. The normalized spacial score (nSPS) is 15.5. The highest BCUT2D eigenvalue weighted by atomic mass is 16.5. The predicted octanol–water partition coefficient (Wildman–Crippen LogP) is 2.57. The molecule has 1 N–H and O–H groups in total. The van der Waals surface area contributed by atoms with Gasteiger partial charge in [0.2, 0.25) is 0 Å². The molecule has 3 aromatic rings. The number of morpholine rings is 1. The molecule has 1 aliphatic heterocycles. The van der Waals surface area contributed by atoms with E-state index in [0.29, 0.717) is 0 Å². The van der Waals surface area contributed by atoms with E-state index in [1.807, 2.05) is 13.0 Å². The third-order valence-corrected chi connectivity index (χ3v) is 5.22. The number of H-pyrrole nitrogens is 1. The van der Waals surface area contributed by atoms with Crippen molar-refractivity contribution in [1.29, 1.82) is 0 Å². The van der Waals surface area contributed by atoms with E-state index in [0.717, 1.165) is 73.9 Å². The van der Waals surface area contributed by atoms with Gasteiger partial charge in [0.15, 0.2) is 5.65 Å². The molecule has 1 fully saturated rings. The monoisotopic (exact) mass is 366 g/mol. The lowest BCUT2D eigenvalue weighted by Gasteiger charge is -2.26. The molecule has 2 aromatic heterocycles. The van der Waals surface area contributed by atoms with Crippen molar-refractivity contribution < 1.29 is 4.74 Å². The number of rotatable bonds is 5. The van der Waals surface area contributed by atoms with Crippen molar-refractivity contribution in [1.82, 2.24) is 19.5 Å². The maximum Gasteiger partial charge on any atom is 0.272 e. The van der Waals surface area contributed by atoms with Crippen LogP contribution in [0.3, 0.4) is 0 Å². The van der Waals surface area contributed by atoms with Crippen molar-refractivity contribution in [3.05, 3.63) is 57.5 Å². The summed E-state index contributed by atoms with van der Waals surface area (Å²) in [5, 5.41) is 3.23. The van der Waals surface area contributed by atoms with Gasteiger partial charge >= 0.3 is 0 Å². The Kier molecular flexibility index (Phi) is 5.09. The molecule has 0 unspecified atom stereocenters. The minimum Gasteiger partial charge on any atom is -0.379 e. The largest absolute Gasteiger partial charge is 0.379 e. The number of hydrogen-bond donors (Lipinski definition) is 1. The molecular weight excluding hydrogens is 340 g/mol. The minimum atomic E-state index is -0.0524. The first kappa shape index (κ1) is 17.9. The molecule has 1 saturated heterocycles. The Balaban J connectivity index is 1.57. The Hall–Kier alpha value is -2.44. The van der Waals surface area contributed by atoms with Gasteiger partial charge in [-0.2, -0.15) is 0 Å². The van der Waals surface area contributed by atoms with Gasteiger partial charge < -0.3 is 4.74 Å². The smallest absolute Gasteiger partial charge is 0.272 e. The maximum absolute atomic E-state index is 12.6. The molecule has 3 heterocycles. The van der Waals surface area contributed by atoms with E-state index in [1.54, 1.807) is 10.6 Å². The average Bonchev–Trinajstić information content (AvgIpc) is 3.00. The summed E-state index contributed by atoms with van der Waals surface area (Å²) < 4.78 is 6.94. The van der Waals surface area contributed by atoms with Gasteiger partial charge in [-0.15, -0.1) is 0 Å². The van der Waals surface area contributed by atoms with Crippen LogP contribution in [-0.2, 0) is 11.2 Å². The molecule has 0 spiro atoms. The third kappa shape index (κ3) is 3.82. The third-order valence-electron chi connectivity index (χ3n) is 5.22. The topological polar surface area (TPSA) is 62.6 Å². The van der Waals surface area contributed by atoms with Crippen LogP contribution >= 0.6 is 0 Å². The first-order valence-electron chi connectivity index (χ1n) is 9.60. The molecule has 1 aromatic carbocycles. The standard InChI is InChI=1S/C21H26N4O2/c1-15-5-3-6-17(13-15)20-16(2)21-22-18(14-19(26)25(21)23-20)7-4-8-24-9-11-27-12-10-24/h3,5-6,13-14,23H,4,7-12H2,1-2H3. The lowest BCUT2D eigenvalue weighted by Crippen LogP contribution is -2.37. The van der Waals surface area contributed by atoms with Crippen molar-refractivity contribution in [2.75, 3.05) is 32.8 Å². The number of hydrogen-bond acceptors (Lipinski definition) is 4. The molecule has 4 rings (SSSR count). The van der Waals surface area contributed by atoms with Crippen LogP contribution in [0.4, 0.5) is 0 Å². The quantitative estimate of drug-likeness (QED) is 0.754. The number of aromatic amines is 1. The van der Waals surface area contributed by atoms with Crippen LogP contribution in [0.1, 0.15) is 23.2 Å². The molecule has 6 nitrogen and oxygen atoms in total. The number of ether oxygens (including phenoxy) is 1. The molecule has 27 heavy (non-hydrogen) atoms. The van der Waals surface area contributed by atoms with E-state index in [-0.39, 0.29) is 5.56 Å². The number of aromatic nitrogens is 3. The zero-order chi connectivity index (χ0) is 18.8. The van der Waals surface area contributed by atoms with Crippen molar-refractivity contribution >= 4 is 5.65 Å². The maximum atomic E-state index is 12.6. The highest BCUT2D eigenvalue weighted by Crippen LogP contribution is 2.24. The van der Waals surface area contributed by atoms with Crippen LogP contribution in [0.5, 0.6) is 0 Å². The molecule has 6 heteroatoms. The lowest BCUT2D eigenvalue weighted by molar-refractivity contribution is 0.0374. The Labute approximate surface area is 158 Å². The van der Waals surface area contributed by atoms with E-state index in [4.69, 9.17) is 9.72 Å². The fraction of sp³-hybridized carbons (Fsp3) is 0.429. The fourth-order valence-corrected chi connectivity index (χ4v) is 3.72. The Morgan fingerprint density at radius 1 is 1.19 bits per heavy atom. The highest BCUT2D eigenvalue weighted by Gasteiger charge is 2.14. The Morgan fingerprint density at radius 2 is 2.00 bits per heavy atom. The lowest BCUT2D eigenvalue weighted by atomic mass is 10.1. The Bertz CT molecular complexity index is 999. The zero-order valence-electron chi connectivity index (χ0n) is 16.0. The molecule has 0 aliphatic carbocycles.